The van der Waals surface area contributed by atoms with E-state index in [0.717, 1.165) is 38.1 Å². The number of halogens is 1. The summed E-state index contributed by atoms with van der Waals surface area (Å²) in [6.45, 7) is 5.10. The Kier molecular flexibility index (Phi) is 5.86. The largest absolute Gasteiger partial charge is 0.369 e. The molecule has 1 aromatic carbocycles. The summed E-state index contributed by atoms with van der Waals surface area (Å²) in [4.78, 5) is 12.1. The van der Waals surface area contributed by atoms with Crippen molar-refractivity contribution >= 4 is 61.0 Å². The van der Waals surface area contributed by atoms with E-state index in [9.17, 15) is 0 Å². The van der Waals surface area contributed by atoms with Crippen LogP contribution in [0.1, 0.15) is 36.3 Å². The molecule has 0 spiro atoms. The Balaban J connectivity index is 1.74. The van der Waals surface area contributed by atoms with Gasteiger partial charge in [-0.25, -0.2) is 9.97 Å². The van der Waals surface area contributed by atoms with Crippen molar-refractivity contribution in [1.29, 1.82) is 0 Å². The first kappa shape index (κ1) is 19.7. The van der Waals surface area contributed by atoms with Crippen LogP contribution in [-0.2, 0) is 23.5 Å². The molecule has 2 aromatic heterocycles. The lowest BCUT2D eigenvalue weighted by Crippen LogP contribution is -2.33. The highest BCUT2D eigenvalue weighted by atomic mass is 79.9. The molecule has 0 unspecified atom stereocenters. The van der Waals surface area contributed by atoms with Crippen LogP contribution < -0.4 is 0 Å². The van der Waals surface area contributed by atoms with Crippen molar-refractivity contribution in [3.63, 3.8) is 0 Å². The van der Waals surface area contributed by atoms with Crippen LogP contribution in [0.3, 0.4) is 0 Å². The summed E-state index contributed by atoms with van der Waals surface area (Å²) in [5.74, 6) is 0.902. The Morgan fingerprint density at radius 1 is 1.26 bits per heavy atom. The number of hydrogen-bond donors (Lipinski definition) is 0. The van der Waals surface area contributed by atoms with Gasteiger partial charge in [0.1, 0.15) is 9.86 Å². The fourth-order valence-electron chi connectivity index (χ4n) is 3.18. The van der Waals surface area contributed by atoms with Crippen LogP contribution in [0.2, 0.25) is 0 Å². The summed E-state index contributed by atoms with van der Waals surface area (Å²) in [6.07, 6.45) is 3.98. The third-order valence-electron chi connectivity index (χ3n) is 5.00. The van der Waals surface area contributed by atoms with Gasteiger partial charge in [-0.2, -0.15) is 0 Å². The molecule has 0 N–H and O–H groups in total. The van der Waals surface area contributed by atoms with Gasteiger partial charge in [0.25, 0.3) is 0 Å². The number of nitrogens with zero attached hydrogens (tertiary/aromatic N) is 2. The molecule has 0 bridgehead atoms. The van der Waals surface area contributed by atoms with Crippen LogP contribution in [0.25, 0.3) is 10.2 Å². The lowest BCUT2D eigenvalue weighted by molar-refractivity contribution is -0.0543. The first-order chi connectivity index (χ1) is 13.0. The lowest BCUT2D eigenvalue weighted by atomic mass is 9.90. The molecule has 0 saturated carbocycles. The number of hydrogen-bond acceptors (Lipinski definition) is 6. The number of rotatable bonds is 5. The molecule has 27 heavy (non-hydrogen) atoms. The maximum absolute atomic E-state index is 6.15. The summed E-state index contributed by atoms with van der Waals surface area (Å²) in [7, 11) is 0. The molecule has 3 nitrogen and oxygen atoms in total. The van der Waals surface area contributed by atoms with Crippen LogP contribution in [0.5, 0.6) is 0 Å². The van der Waals surface area contributed by atoms with Crippen molar-refractivity contribution in [3.05, 3.63) is 44.7 Å². The molecular formula is C20H21BrN2OS3. The van der Waals surface area contributed by atoms with Crippen molar-refractivity contribution in [3.8, 4) is 0 Å². The van der Waals surface area contributed by atoms with Gasteiger partial charge >= 0.3 is 0 Å². The van der Waals surface area contributed by atoms with Gasteiger partial charge in [-0.3, -0.25) is 0 Å². The number of aromatic nitrogens is 2. The van der Waals surface area contributed by atoms with E-state index in [-0.39, 0.29) is 5.60 Å². The van der Waals surface area contributed by atoms with Gasteiger partial charge < -0.3 is 4.74 Å². The first-order valence-electron chi connectivity index (χ1n) is 8.89. The van der Waals surface area contributed by atoms with E-state index >= 15 is 0 Å². The maximum Gasteiger partial charge on any atom is 0.189 e. The van der Waals surface area contributed by atoms with Gasteiger partial charge in [0.15, 0.2) is 5.16 Å². The normalized spacial score (nSPS) is 19.4. The molecule has 1 aliphatic heterocycles. The average molecular weight is 482 g/mol. The first-order valence-corrected chi connectivity index (χ1v) is 12.7. The van der Waals surface area contributed by atoms with E-state index in [4.69, 9.17) is 14.7 Å². The van der Waals surface area contributed by atoms with Crippen molar-refractivity contribution in [2.75, 3.05) is 6.26 Å². The number of ether oxygens (including phenoxy) is 1. The molecule has 1 atom stereocenters. The average Bonchev–Trinajstić information content (AvgIpc) is 3.04. The number of fused-ring (bicyclic) bond motifs is 3. The summed E-state index contributed by atoms with van der Waals surface area (Å²) in [5.41, 5.74) is 2.61. The van der Waals surface area contributed by atoms with Crippen LogP contribution >= 0.6 is 50.8 Å². The van der Waals surface area contributed by atoms with E-state index < -0.39 is 0 Å². The highest BCUT2D eigenvalue weighted by molar-refractivity contribution is 9.10. The molecule has 0 aliphatic carbocycles. The summed E-state index contributed by atoms with van der Waals surface area (Å²) >= 11 is 8.69. The monoisotopic (exact) mass is 480 g/mol. The van der Waals surface area contributed by atoms with E-state index in [0.29, 0.717) is 6.61 Å². The quantitative estimate of drug-likeness (QED) is 0.230. The topological polar surface area (TPSA) is 35.0 Å². The maximum atomic E-state index is 6.15. The number of benzene rings is 1. The van der Waals surface area contributed by atoms with Crippen molar-refractivity contribution < 1.29 is 4.74 Å². The SMILES string of the molecule is CC[C@@]1(C)Cc2c(sc3nc(SC)nc(SCc4ccc(Br)cc4)c23)CO1. The molecular weight excluding hydrogens is 460 g/mol. The lowest BCUT2D eigenvalue weighted by Gasteiger charge is -2.33. The Morgan fingerprint density at radius 3 is 2.74 bits per heavy atom. The summed E-state index contributed by atoms with van der Waals surface area (Å²) in [6, 6.07) is 8.51. The second kappa shape index (κ2) is 8.03. The van der Waals surface area contributed by atoms with Gasteiger partial charge in [0.2, 0.25) is 0 Å². The zero-order chi connectivity index (χ0) is 19.0. The minimum Gasteiger partial charge on any atom is -0.369 e. The molecule has 3 aromatic rings. The molecule has 0 fully saturated rings. The van der Waals surface area contributed by atoms with Gasteiger partial charge in [-0.15, -0.1) is 23.1 Å². The second-order valence-electron chi connectivity index (χ2n) is 6.88. The molecule has 1 aliphatic rings. The smallest absolute Gasteiger partial charge is 0.189 e. The molecule has 0 amide bonds. The third kappa shape index (κ3) is 4.08. The Labute approximate surface area is 180 Å². The minimum absolute atomic E-state index is 0.0905. The van der Waals surface area contributed by atoms with Crippen molar-refractivity contribution in [1.82, 2.24) is 9.97 Å². The zero-order valence-corrected chi connectivity index (χ0v) is 19.6. The Morgan fingerprint density at radius 2 is 2.04 bits per heavy atom. The van der Waals surface area contributed by atoms with Gasteiger partial charge in [-0.05, 0) is 42.9 Å². The fourth-order valence-corrected chi connectivity index (χ4v) is 6.10. The molecule has 142 valence electrons. The second-order valence-corrected chi connectivity index (χ2v) is 10.6. The fraction of sp³-hybridized carbons (Fsp3) is 0.400. The van der Waals surface area contributed by atoms with Crippen molar-refractivity contribution in [2.24, 2.45) is 0 Å². The summed E-state index contributed by atoms with van der Waals surface area (Å²) < 4.78 is 7.26. The predicted octanol–water partition coefficient (Wildman–Crippen LogP) is 6.71. The highest BCUT2D eigenvalue weighted by Crippen LogP contribution is 2.43. The Hall–Kier alpha value is -0.600. The molecule has 0 radical (unpaired) electrons. The van der Waals surface area contributed by atoms with E-state index in [1.165, 1.54) is 21.4 Å². The Bertz CT molecular complexity index is 974. The molecule has 7 heteroatoms. The zero-order valence-electron chi connectivity index (χ0n) is 15.5. The number of thiophene rings is 1. The van der Waals surface area contributed by atoms with Gasteiger partial charge in [0, 0.05) is 26.9 Å². The van der Waals surface area contributed by atoms with Crippen molar-refractivity contribution in [2.45, 2.75) is 54.8 Å². The van der Waals surface area contributed by atoms with Gasteiger partial charge in [-0.1, -0.05) is 46.7 Å². The predicted molar refractivity (Wildman–Crippen MR) is 120 cm³/mol. The van der Waals surface area contributed by atoms with E-state index in [2.05, 4.69) is 54.0 Å². The highest BCUT2D eigenvalue weighted by Gasteiger charge is 2.33. The van der Waals surface area contributed by atoms with Crippen LogP contribution in [0, 0.1) is 0 Å². The standard InChI is InChI=1S/C20H21BrN2OS3/c1-4-20(2)9-14-15(10-24-20)27-18-16(14)17(22-19(23-18)25-3)26-11-12-5-7-13(21)8-6-12/h5-8H,4,9-11H2,1-3H3/t20-/m0/s1. The summed E-state index contributed by atoms with van der Waals surface area (Å²) in [5, 5.41) is 3.20. The van der Waals surface area contributed by atoms with Crippen LogP contribution in [0.4, 0.5) is 0 Å². The van der Waals surface area contributed by atoms with E-state index in [1.54, 1.807) is 23.1 Å². The van der Waals surface area contributed by atoms with Crippen LogP contribution in [-0.4, -0.2) is 21.8 Å². The molecule has 0 saturated heterocycles. The molecule has 4 rings (SSSR count). The van der Waals surface area contributed by atoms with Crippen LogP contribution in [0.15, 0.2) is 38.9 Å². The van der Waals surface area contributed by atoms with Gasteiger partial charge in [0.05, 0.1) is 12.2 Å². The molecule has 3 heterocycles. The minimum atomic E-state index is -0.0905. The third-order valence-corrected chi connectivity index (χ3v) is 8.22. The number of thioether (sulfide) groups is 2. The van der Waals surface area contributed by atoms with E-state index in [1.807, 2.05) is 18.0 Å².